The molecule has 0 N–H and O–H groups in total. The highest BCUT2D eigenvalue weighted by atomic mass is 16.3. The first-order chi connectivity index (χ1) is 7.84. The van der Waals surface area contributed by atoms with Crippen molar-refractivity contribution in [1.29, 1.82) is 0 Å². The lowest BCUT2D eigenvalue weighted by atomic mass is 10.4. The van der Waals surface area contributed by atoms with Crippen molar-refractivity contribution in [3.05, 3.63) is 48.3 Å². The Labute approximate surface area is 92.6 Å². The van der Waals surface area contributed by atoms with E-state index >= 15 is 0 Å². The van der Waals surface area contributed by atoms with Gasteiger partial charge in [-0.15, -0.1) is 0 Å². The lowest BCUT2D eigenvalue weighted by molar-refractivity contribution is 0.493. The van der Waals surface area contributed by atoms with E-state index in [0.717, 1.165) is 22.7 Å². The van der Waals surface area contributed by atoms with Crippen molar-refractivity contribution in [2.24, 2.45) is 0 Å². The number of hydrogen-bond acceptors (Lipinski definition) is 3. The molecule has 3 rings (SSSR count). The van der Waals surface area contributed by atoms with Crippen LogP contribution in [0, 0.1) is 6.92 Å². The normalized spacial score (nSPS) is 11.1. The Morgan fingerprint density at radius 2 is 2.25 bits per heavy atom. The second-order valence-electron chi connectivity index (χ2n) is 3.67. The molecule has 16 heavy (non-hydrogen) atoms. The van der Waals surface area contributed by atoms with E-state index in [2.05, 4.69) is 9.97 Å². The summed E-state index contributed by atoms with van der Waals surface area (Å²) in [4.78, 5) is 8.79. The van der Waals surface area contributed by atoms with E-state index in [9.17, 15) is 0 Å². The summed E-state index contributed by atoms with van der Waals surface area (Å²) in [6.07, 6.45) is 3.46. The third-order valence-corrected chi connectivity index (χ3v) is 2.59. The van der Waals surface area contributed by atoms with Crippen molar-refractivity contribution in [1.82, 2.24) is 14.5 Å². The molecule has 0 atom stereocenters. The number of aromatic nitrogens is 3. The molecule has 3 aromatic rings. The fraction of sp³-hybridized carbons (Fsp3) is 0.167. The Kier molecular flexibility index (Phi) is 1.99. The van der Waals surface area contributed by atoms with Gasteiger partial charge in [-0.25, -0.2) is 9.97 Å². The minimum atomic E-state index is 0.673. The van der Waals surface area contributed by atoms with Gasteiger partial charge in [-0.2, -0.15) is 0 Å². The minimum Gasteiger partial charge on any atom is -0.467 e. The average Bonchev–Trinajstić information content (AvgIpc) is 2.89. The molecule has 4 heteroatoms. The Balaban J connectivity index is 2.12. The van der Waals surface area contributed by atoms with E-state index in [1.165, 1.54) is 0 Å². The maximum absolute atomic E-state index is 5.33. The van der Waals surface area contributed by atoms with Gasteiger partial charge in [0.25, 0.3) is 0 Å². The maximum Gasteiger partial charge on any atom is 0.160 e. The lowest BCUT2D eigenvalue weighted by Crippen LogP contribution is -2.01. The summed E-state index contributed by atoms with van der Waals surface area (Å²) in [5.74, 6) is 1.86. The molecule has 80 valence electrons. The monoisotopic (exact) mass is 213 g/mol. The summed E-state index contributed by atoms with van der Waals surface area (Å²) < 4.78 is 7.38. The fourth-order valence-corrected chi connectivity index (χ4v) is 1.82. The molecule has 0 unspecified atom stereocenters. The molecule has 0 bridgehead atoms. The van der Waals surface area contributed by atoms with Crippen LogP contribution in [-0.4, -0.2) is 14.5 Å². The maximum atomic E-state index is 5.33. The predicted molar refractivity (Wildman–Crippen MR) is 60.1 cm³/mol. The van der Waals surface area contributed by atoms with Gasteiger partial charge in [0.05, 0.1) is 12.8 Å². The molecule has 0 saturated carbocycles. The van der Waals surface area contributed by atoms with Gasteiger partial charge in [0.15, 0.2) is 5.65 Å². The number of furan rings is 1. The van der Waals surface area contributed by atoms with Crippen LogP contribution in [0.25, 0.3) is 11.2 Å². The first-order valence-corrected chi connectivity index (χ1v) is 5.15. The number of pyridine rings is 1. The molecule has 0 aliphatic rings. The fourth-order valence-electron chi connectivity index (χ4n) is 1.82. The van der Waals surface area contributed by atoms with Gasteiger partial charge in [-0.3, -0.25) is 0 Å². The van der Waals surface area contributed by atoms with Crippen LogP contribution in [-0.2, 0) is 6.54 Å². The Bertz CT molecular complexity index is 610. The van der Waals surface area contributed by atoms with E-state index in [0.29, 0.717) is 6.54 Å². The van der Waals surface area contributed by atoms with Crippen LogP contribution in [0.4, 0.5) is 0 Å². The van der Waals surface area contributed by atoms with E-state index in [1.807, 2.05) is 35.8 Å². The summed E-state index contributed by atoms with van der Waals surface area (Å²) in [5.41, 5.74) is 1.82. The number of fused-ring (bicyclic) bond motifs is 1. The summed E-state index contributed by atoms with van der Waals surface area (Å²) in [6, 6.07) is 7.70. The lowest BCUT2D eigenvalue weighted by Gasteiger charge is -2.02. The van der Waals surface area contributed by atoms with Crippen molar-refractivity contribution in [2.45, 2.75) is 13.5 Å². The van der Waals surface area contributed by atoms with Crippen LogP contribution in [0.2, 0.25) is 0 Å². The molecule has 0 aliphatic heterocycles. The SMILES string of the molecule is Cc1nc2cccnc2n1Cc1ccco1. The largest absolute Gasteiger partial charge is 0.467 e. The molecule has 0 radical (unpaired) electrons. The first kappa shape index (κ1) is 9.15. The van der Waals surface area contributed by atoms with Crippen LogP contribution < -0.4 is 0 Å². The van der Waals surface area contributed by atoms with Gasteiger partial charge < -0.3 is 8.98 Å². The molecular formula is C12H11N3O. The molecule has 0 fully saturated rings. The molecule has 0 spiro atoms. The van der Waals surface area contributed by atoms with E-state index < -0.39 is 0 Å². The van der Waals surface area contributed by atoms with Gasteiger partial charge in [0.2, 0.25) is 0 Å². The number of rotatable bonds is 2. The molecule has 0 amide bonds. The summed E-state index contributed by atoms with van der Waals surface area (Å²) in [6.45, 7) is 2.65. The predicted octanol–water partition coefficient (Wildman–Crippen LogP) is 2.38. The molecule has 4 nitrogen and oxygen atoms in total. The Morgan fingerprint density at radius 3 is 3.06 bits per heavy atom. The molecule has 0 aromatic carbocycles. The van der Waals surface area contributed by atoms with Crippen molar-refractivity contribution < 1.29 is 4.42 Å². The second-order valence-corrected chi connectivity index (χ2v) is 3.67. The zero-order chi connectivity index (χ0) is 11.0. The third kappa shape index (κ3) is 1.39. The number of nitrogens with zero attached hydrogens (tertiary/aromatic N) is 3. The zero-order valence-electron chi connectivity index (χ0n) is 8.92. The van der Waals surface area contributed by atoms with Gasteiger partial charge in [0.1, 0.15) is 17.1 Å². The first-order valence-electron chi connectivity index (χ1n) is 5.15. The van der Waals surface area contributed by atoms with Crippen molar-refractivity contribution >= 4 is 11.2 Å². The van der Waals surface area contributed by atoms with Crippen LogP contribution in [0.5, 0.6) is 0 Å². The van der Waals surface area contributed by atoms with Gasteiger partial charge >= 0.3 is 0 Å². The highest BCUT2D eigenvalue weighted by Gasteiger charge is 2.09. The van der Waals surface area contributed by atoms with Crippen molar-refractivity contribution in [2.75, 3.05) is 0 Å². The Morgan fingerprint density at radius 1 is 1.31 bits per heavy atom. The van der Waals surface area contributed by atoms with E-state index in [-0.39, 0.29) is 0 Å². The molecule has 3 heterocycles. The van der Waals surface area contributed by atoms with Crippen molar-refractivity contribution in [3.8, 4) is 0 Å². The number of aryl methyl sites for hydroxylation is 1. The number of hydrogen-bond donors (Lipinski definition) is 0. The highest BCUT2D eigenvalue weighted by Crippen LogP contribution is 2.15. The van der Waals surface area contributed by atoms with Crippen molar-refractivity contribution in [3.63, 3.8) is 0 Å². The van der Waals surface area contributed by atoms with Gasteiger partial charge in [0, 0.05) is 6.20 Å². The third-order valence-electron chi connectivity index (χ3n) is 2.59. The summed E-state index contributed by atoms with van der Waals surface area (Å²) in [5, 5.41) is 0. The van der Waals surface area contributed by atoms with Gasteiger partial charge in [-0.1, -0.05) is 0 Å². The number of imidazole rings is 1. The zero-order valence-corrected chi connectivity index (χ0v) is 8.92. The van der Waals surface area contributed by atoms with E-state index in [4.69, 9.17) is 4.42 Å². The standard InChI is InChI=1S/C12H11N3O/c1-9-14-11-5-2-6-13-12(11)15(9)8-10-4-3-7-16-10/h2-7H,8H2,1H3. The topological polar surface area (TPSA) is 43.9 Å². The van der Waals surface area contributed by atoms with Crippen LogP contribution in [0.15, 0.2) is 41.1 Å². The second kappa shape index (κ2) is 3.48. The minimum absolute atomic E-state index is 0.673. The average molecular weight is 213 g/mol. The molecule has 0 saturated heterocycles. The van der Waals surface area contributed by atoms with Gasteiger partial charge in [-0.05, 0) is 31.2 Å². The molecular weight excluding hydrogens is 202 g/mol. The molecule has 0 aliphatic carbocycles. The smallest absolute Gasteiger partial charge is 0.160 e. The van der Waals surface area contributed by atoms with Crippen LogP contribution in [0.1, 0.15) is 11.6 Å². The van der Waals surface area contributed by atoms with Crippen LogP contribution >= 0.6 is 0 Å². The highest BCUT2D eigenvalue weighted by molar-refractivity contribution is 5.71. The summed E-state index contributed by atoms with van der Waals surface area (Å²) >= 11 is 0. The summed E-state index contributed by atoms with van der Waals surface area (Å²) in [7, 11) is 0. The van der Waals surface area contributed by atoms with Crippen LogP contribution in [0.3, 0.4) is 0 Å². The molecule has 3 aromatic heterocycles. The Hall–Kier alpha value is -2.10. The quantitative estimate of drug-likeness (QED) is 0.656. The van der Waals surface area contributed by atoms with E-state index in [1.54, 1.807) is 12.5 Å².